The molecule has 0 saturated carbocycles. The Hall–Kier alpha value is 0.353. The van der Waals surface area contributed by atoms with Gasteiger partial charge >= 0.3 is 83.4 Å². The fourth-order valence-corrected chi connectivity index (χ4v) is 2.58. The minimum atomic E-state index is -1.42. The first kappa shape index (κ1) is 12.4. The van der Waals surface area contributed by atoms with Crippen LogP contribution in [0.3, 0.4) is 0 Å². The first-order chi connectivity index (χ1) is 5.59. The molecule has 0 fully saturated rings. The van der Waals surface area contributed by atoms with Crippen LogP contribution in [0.1, 0.15) is 26.7 Å². The predicted molar refractivity (Wildman–Crippen MR) is 52.8 cm³/mol. The molecular weight excluding hydrogens is 349 g/mol. The molecule has 0 aliphatic heterocycles. The van der Waals surface area contributed by atoms with Crippen LogP contribution in [0, 0.1) is 0 Å². The zero-order valence-corrected chi connectivity index (χ0v) is 11.9. The Morgan fingerprint density at radius 3 is 2.50 bits per heavy atom. The Balaban J connectivity index is 3.57. The summed E-state index contributed by atoms with van der Waals surface area (Å²) < 4.78 is 9.83. The third-order valence-corrected chi connectivity index (χ3v) is 8.70. The van der Waals surface area contributed by atoms with Crippen LogP contribution in [0.25, 0.3) is 0 Å². The van der Waals surface area contributed by atoms with E-state index in [2.05, 4.69) is 16.2 Å². The summed E-state index contributed by atoms with van der Waals surface area (Å²) in [5, 5.41) is 0. The number of unbranched alkanes of at least 4 members (excludes halogenated alkanes) is 1. The van der Waals surface area contributed by atoms with E-state index in [-0.39, 0.29) is 9.60 Å². The Kier molecular flexibility index (Phi) is 7.03. The molecule has 0 spiro atoms. The maximum atomic E-state index is 11.3. The van der Waals surface area contributed by atoms with E-state index in [0.29, 0.717) is 6.61 Å². The number of esters is 1. The van der Waals surface area contributed by atoms with Gasteiger partial charge in [0.15, 0.2) is 0 Å². The van der Waals surface area contributed by atoms with Gasteiger partial charge in [-0.3, -0.25) is 0 Å². The summed E-state index contributed by atoms with van der Waals surface area (Å²) in [5.74, 6) is 0.0335. The van der Waals surface area contributed by atoms with Crippen LogP contribution in [0.4, 0.5) is 0 Å². The van der Waals surface area contributed by atoms with Crippen molar-refractivity contribution in [1.82, 2.24) is 0 Å². The van der Waals surface area contributed by atoms with Crippen LogP contribution >= 0.6 is 0 Å². The molecule has 0 radical (unpaired) electrons. The number of rotatable bonds is 5. The first-order valence-electron chi connectivity index (χ1n) is 4.42. The molecule has 0 rings (SSSR count). The summed E-state index contributed by atoms with van der Waals surface area (Å²) >= 11 is -1.42. The predicted octanol–water partition coefficient (Wildman–Crippen LogP) is 2.47. The first-order valence-corrected chi connectivity index (χ1v) is 13.4. The van der Waals surface area contributed by atoms with Gasteiger partial charge in [-0.05, 0) is 0 Å². The normalized spacial score (nSPS) is 13.1. The molecule has 0 amide bonds. The summed E-state index contributed by atoms with van der Waals surface area (Å²) in [6.07, 6.45) is 2.08. The fourth-order valence-electron chi connectivity index (χ4n) is 0.649. The van der Waals surface area contributed by atoms with E-state index in [1.165, 1.54) is 0 Å². The molecule has 1 atom stereocenters. The van der Waals surface area contributed by atoms with Gasteiger partial charge in [0.25, 0.3) is 0 Å². The third kappa shape index (κ3) is 5.08. The summed E-state index contributed by atoms with van der Waals surface area (Å²) in [4.78, 5) is 11.3. The van der Waals surface area contributed by atoms with Crippen molar-refractivity contribution in [3.8, 4) is 0 Å². The summed E-state index contributed by atoms with van der Waals surface area (Å²) in [6, 6.07) is 0. The molecule has 0 saturated heterocycles. The second-order valence-corrected chi connectivity index (χ2v) is 13.7. The molecule has 0 heterocycles. The Labute approximate surface area is 83.4 Å². The van der Waals surface area contributed by atoms with Gasteiger partial charge in [0.2, 0.25) is 0 Å². The molecule has 1 unspecified atom stereocenters. The van der Waals surface area contributed by atoms with Crippen molar-refractivity contribution in [2.75, 3.05) is 6.61 Å². The van der Waals surface area contributed by atoms with Gasteiger partial charge in [-0.15, -0.1) is 0 Å². The van der Waals surface area contributed by atoms with E-state index in [1.807, 2.05) is 6.92 Å². The van der Waals surface area contributed by atoms with Crippen LogP contribution in [0.15, 0.2) is 0 Å². The van der Waals surface area contributed by atoms with E-state index in [0.717, 1.165) is 12.8 Å². The number of carbonyl (C=O) groups excluding carboxylic acids is 1. The van der Waals surface area contributed by atoms with Crippen LogP contribution in [-0.4, -0.2) is 34.3 Å². The molecule has 12 heavy (non-hydrogen) atoms. The second-order valence-electron chi connectivity index (χ2n) is 3.16. The van der Waals surface area contributed by atoms with E-state index >= 15 is 0 Å². The van der Waals surface area contributed by atoms with Crippen molar-refractivity contribution in [2.24, 2.45) is 0 Å². The quantitative estimate of drug-likeness (QED) is 0.424. The zero-order chi connectivity index (χ0) is 9.56. The van der Waals surface area contributed by atoms with Gasteiger partial charge in [0.05, 0.1) is 0 Å². The Morgan fingerprint density at radius 2 is 2.08 bits per heavy atom. The molecule has 0 aromatic heterocycles. The topological polar surface area (TPSA) is 26.3 Å². The van der Waals surface area contributed by atoms with Gasteiger partial charge in [-0.1, -0.05) is 0 Å². The van der Waals surface area contributed by atoms with Crippen molar-refractivity contribution >= 4 is 27.7 Å². The van der Waals surface area contributed by atoms with Crippen molar-refractivity contribution in [3.05, 3.63) is 0 Å². The van der Waals surface area contributed by atoms with E-state index in [4.69, 9.17) is 4.74 Å². The van der Waals surface area contributed by atoms with Gasteiger partial charge in [-0.2, -0.15) is 0 Å². The third-order valence-electron chi connectivity index (χ3n) is 1.86. The van der Waals surface area contributed by atoms with Gasteiger partial charge in [0, 0.05) is 0 Å². The summed E-state index contributed by atoms with van der Waals surface area (Å²) in [6.45, 7) is 4.71. The van der Waals surface area contributed by atoms with Crippen LogP contribution in [0.5, 0.6) is 0 Å². The second kappa shape index (κ2) is 6.82. The monoisotopic (exact) mass is 368 g/mol. The summed E-state index contributed by atoms with van der Waals surface area (Å²) in [5.41, 5.74) is 0. The average molecular weight is 368 g/mol. The Morgan fingerprint density at radius 1 is 1.50 bits per heavy atom. The maximum absolute atomic E-state index is 11.3. The van der Waals surface area contributed by atoms with Crippen LogP contribution in [0.2, 0.25) is 12.9 Å². The summed E-state index contributed by atoms with van der Waals surface area (Å²) in [7, 11) is 0. The van der Waals surface area contributed by atoms with Gasteiger partial charge < -0.3 is 0 Å². The molecular formula is C9H19BiO2. The number of carbonyl (C=O) groups is 1. The molecule has 0 aliphatic rings. The van der Waals surface area contributed by atoms with Crippen molar-refractivity contribution in [2.45, 2.75) is 39.6 Å². The minimum absolute atomic E-state index is 0.0335. The van der Waals surface area contributed by atoms with Gasteiger partial charge in [-0.25, -0.2) is 0 Å². The number of hydrogen-bond acceptors (Lipinski definition) is 2. The molecule has 3 heteroatoms. The zero-order valence-electron chi connectivity index (χ0n) is 8.46. The Bertz CT molecular complexity index is 134. The van der Waals surface area contributed by atoms with Gasteiger partial charge in [0.1, 0.15) is 0 Å². The molecule has 0 bridgehead atoms. The van der Waals surface area contributed by atoms with E-state index in [1.54, 1.807) is 0 Å². The van der Waals surface area contributed by atoms with Crippen molar-refractivity contribution < 1.29 is 9.53 Å². The molecule has 72 valence electrons. The van der Waals surface area contributed by atoms with Crippen molar-refractivity contribution in [1.29, 1.82) is 0 Å². The van der Waals surface area contributed by atoms with Crippen LogP contribution in [-0.2, 0) is 9.53 Å². The number of hydrogen-bond donors (Lipinski definition) is 0. The standard InChI is InChI=1S/C7H13O2.2CH3.Bi/c1-3-5-6-9-7(8)4-2;;;/h4H,3,5-6H2,1-2H3;2*1H3;. The van der Waals surface area contributed by atoms with Crippen LogP contribution < -0.4 is 0 Å². The van der Waals surface area contributed by atoms with E-state index < -0.39 is 21.8 Å². The molecule has 0 aliphatic carbocycles. The van der Waals surface area contributed by atoms with Crippen molar-refractivity contribution in [3.63, 3.8) is 0 Å². The molecule has 0 N–H and O–H groups in total. The molecule has 0 aromatic rings. The van der Waals surface area contributed by atoms with E-state index in [9.17, 15) is 4.79 Å². The molecule has 0 aromatic carbocycles. The SMILES string of the molecule is CCCCOC(=O)[CH](C)[Bi]([CH3])[CH3]. The molecule has 2 nitrogen and oxygen atoms in total. The fraction of sp³-hybridized carbons (Fsp3) is 0.889. The average Bonchev–Trinajstić information content (AvgIpc) is 2.03. The number of ether oxygens (including phenoxy) is 1.